The number of nitrogens with zero attached hydrogens (tertiary/aromatic N) is 4. The second-order valence-electron chi connectivity index (χ2n) is 7.99. The number of aromatic nitrogens is 4. The smallest absolute Gasteiger partial charge is 0.331 e. The zero-order valence-corrected chi connectivity index (χ0v) is 17.3. The van der Waals surface area contributed by atoms with Crippen LogP contribution in [0.4, 0.5) is 0 Å². The monoisotopic (exact) mass is 411 g/mol. The first-order valence-corrected chi connectivity index (χ1v) is 10.3. The van der Waals surface area contributed by atoms with E-state index in [0.717, 1.165) is 17.4 Å². The molecule has 30 heavy (non-hydrogen) atoms. The molecule has 9 nitrogen and oxygen atoms in total. The highest BCUT2D eigenvalue weighted by atomic mass is 16.5. The van der Waals surface area contributed by atoms with Gasteiger partial charge in [-0.3, -0.25) is 18.7 Å². The molecule has 0 aliphatic heterocycles. The predicted molar refractivity (Wildman–Crippen MR) is 110 cm³/mol. The van der Waals surface area contributed by atoms with Crippen molar-refractivity contribution in [3.8, 4) is 0 Å². The predicted octanol–water partition coefficient (Wildman–Crippen LogP) is 1.96. The lowest BCUT2D eigenvalue weighted by Crippen LogP contribution is -2.43. The first-order valence-electron chi connectivity index (χ1n) is 10.3. The van der Waals surface area contributed by atoms with E-state index in [1.807, 2.05) is 13.8 Å². The van der Waals surface area contributed by atoms with Gasteiger partial charge in [0.25, 0.3) is 5.56 Å². The van der Waals surface area contributed by atoms with Gasteiger partial charge >= 0.3 is 5.69 Å². The highest BCUT2D eigenvalue weighted by Gasteiger charge is 2.31. The van der Waals surface area contributed by atoms with Crippen LogP contribution in [0.25, 0.3) is 10.9 Å². The van der Waals surface area contributed by atoms with Crippen LogP contribution in [0.2, 0.25) is 0 Å². The molecule has 1 atom stereocenters. The van der Waals surface area contributed by atoms with Crippen LogP contribution in [0.15, 0.2) is 38.4 Å². The Labute approximate surface area is 172 Å². The van der Waals surface area contributed by atoms with Crippen molar-refractivity contribution in [2.75, 3.05) is 0 Å². The Morgan fingerprint density at radius 3 is 2.63 bits per heavy atom. The number of benzene rings is 1. The van der Waals surface area contributed by atoms with Crippen LogP contribution in [0.3, 0.4) is 0 Å². The molecule has 1 aliphatic carbocycles. The molecule has 3 aromatic rings. The Bertz CT molecular complexity index is 1200. The Balaban J connectivity index is 1.63. The molecule has 1 amide bonds. The van der Waals surface area contributed by atoms with Crippen LogP contribution in [-0.2, 0) is 17.9 Å². The molecule has 1 fully saturated rings. The molecule has 1 saturated carbocycles. The molecule has 2 heterocycles. The van der Waals surface area contributed by atoms with E-state index in [0.29, 0.717) is 28.5 Å². The Morgan fingerprint density at radius 2 is 1.97 bits per heavy atom. The van der Waals surface area contributed by atoms with Crippen molar-refractivity contribution in [1.82, 2.24) is 24.6 Å². The summed E-state index contributed by atoms with van der Waals surface area (Å²) >= 11 is 0. The average molecular weight is 411 g/mol. The van der Waals surface area contributed by atoms with E-state index in [1.165, 1.54) is 4.57 Å². The molecule has 0 radical (unpaired) electrons. The van der Waals surface area contributed by atoms with E-state index in [9.17, 15) is 14.4 Å². The first kappa shape index (κ1) is 20.1. The number of carbonyl (C=O) groups excluding carboxylic acids is 1. The highest BCUT2D eigenvalue weighted by Crippen LogP contribution is 2.38. The van der Waals surface area contributed by atoms with Crippen molar-refractivity contribution in [3.05, 3.63) is 56.8 Å². The van der Waals surface area contributed by atoms with Crippen LogP contribution in [0.5, 0.6) is 0 Å². The van der Waals surface area contributed by atoms with Gasteiger partial charge in [-0.1, -0.05) is 31.1 Å². The third-order valence-electron chi connectivity index (χ3n) is 5.40. The molecule has 9 heteroatoms. The van der Waals surface area contributed by atoms with Crippen molar-refractivity contribution in [3.63, 3.8) is 0 Å². The van der Waals surface area contributed by atoms with Gasteiger partial charge in [-0.2, -0.15) is 4.98 Å². The van der Waals surface area contributed by atoms with Gasteiger partial charge < -0.3 is 9.84 Å². The van der Waals surface area contributed by atoms with Crippen molar-refractivity contribution in [2.45, 2.75) is 58.7 Å². The lowest BCUT2D eigenvalue weighted by atomic mass is 10.0. The van der Waals surface area contributed by atoms with Crippen LogP contribution >= 0.6 is 0 Å². The number of rotatable bonds is 7. The number of hydrogen-bond acceptors (Lipinski definition) is 6. The van der Waals surface area contributed by atoms with Crippen LogP contribution < -0.4 is 16.6 Å². The van der Waals surface area contributed by atoms with E-state index >= 15 is 0 Å². The topological polar surface area (TPSA) is 112 Å². The summed E-state index contributed by atoms with van der Waals surface area (Å²) in [6.07, 6.45) is 2.11. The molecule has 4 rings (SSSR count). The van der Waals surface area contributed by atoms with Gasteiger partial charge in [-0.15, -0.1) is 0 Å². The molecule has 0 spiro atoms. The molecular formula is C21H25N5O4. The molecule has 0 bridgehead atoms. The summed E-state index contributed by atoms with van der Waals surface area (Å²) in [5.74, 6) is 1.05. The van der Waals surface area contributed by atoms with E-state index in [-0.39, 0.29) is 30.5 Å². The van der Waals surface area contributed by atoms with E-state index in [2.05, 4.69) is 15.5 Å². The summed E-state index contributed by atoms with van der Waals surface area (Å²) in [7, 11) is 0. The van der Waals surface area contributed by atoms with E-state index in [1.54, 1.807) is 31.2 Å². The summed E-state index contributed by atoms with van der Waals surface area (Å²) < 4.78 is 7.86. The highest BCUT2D eigenvalue weighted by molar-refractivity contribution is 5.81. The normalized spacial score (nSPS) is 14.9. The number of hydrogen-bond donors (Lipinski definition) is 1. The quantitative estimate of drug-likeness (QED) is 0.636. The minimum Gasteiger partial charge on any atom is -0.342 e. The molecule has 0 saturated heterocycles. The molecule has 158 valence electrons. The van der Waals surface area contributed by atoms with Crippen LogP contribution in [0, 0.1) is 5.92 Å². The largest absolute Gasteiger partial charge is 0.342 e. The molecule has 1 aromatic carbocycles. The molecule has 1 aliphatic rings. The number of amides is 1. The minimum absolute atomic E-state index is 0.0134. The third-order valence-corrected chi connectivity index (χ3v) is 5.40. The first-order chi connectivity index (χ1) is 14.4. The third kappa shape index (κ3) is 3.67. The molecule has 2 aromatic heterocycles. The average Bonchev–Trinajstić information content (AvgIpc) is 3.47. The lowest BCUT2D eigenvalue weighted by Gasteiger charge is -2.19. The molecule has 1 unspecified atom stereocenters. The van der Waals surface area contributed by atoms with Gasteiger partial charge in [-0.25, -0.2) is 4.79 Å². The van der Waals surface area contributed by atoms with Gasteiger partial charge in [0, 0.05) is 12.5 Å². The molecule has 1 N–H and O–H groups in total. The Morgan fingerprint density at radius 1 is 1.23 bits per heavy atom. The van der Waals surface area contributed by atoms with Crippen molar-refractivity contribution < 1.29 is 9.32 Å². The summed E-state index contributed by atoms with van der Waals surface area (Å²) in [4.78, 5) is 42.7. The van der Waals surface area contributed by atoms with Crippen LogP contribution in [0.1, 0.15) is 57.3 Å². The van der Waals surface area contributed by atoms with E-state index < -0.39 is 11.7 Å². The van der Waals surface area contributed by atoms with Gasteiger partial charge in [0.15, 0.2) is 5.82 Å². The number of carbonyl (C=O) groups is 1. The Kier molecular flexibility index (Phi) is 5.27. The summed E-state index contributed by atoms with van der Waals surface area (Å²) in [6, 6.07) is 6.34. The fourth-order valence-corrected chi connectivity index (χ4v) is 3.56. The lowest BCUT2D eigenvalue weighted by molar-refractivity contribution is -0.123. The zero-order valence-electron chi connectivity index (χ0n) is 17.3. The second-order valence-corrected chi connectivity index (χ2v) is 7.99. The van der Waals surface area contributed by atoms with Gasteiger partial charge in [0.2, 0.25) is 11.8 Å². The summed E-state index contributed by atoms with van der Waals surface area (Å²) in [5, 5.41) is 7.35. The minimum atomic E-state index is -0.508. The zero-order chi connectivity index (χ0) is 21.4. The fraction of sp³-hybridized carbons (Fsp3) is 0.476. The van der Waals surface area contributed by atoms with Crippen molar-refractivity contribution in [1.29, 1.82) is 0 Å². The SMILES string of the molecule is CCn1c(=O)c2ccccc2n(CC(=O)NC(c2nc(C3CC3)no2)C(C)C)c1=O. The van der Waals surface area contributed by atoms with Gasteiger partial charge in [0.1, 0.15) is 12.6 Å². The fourth-order valence-electron chi connectivity index (χ4n) is 3.56. The summed E-state index contributed by atoms with van der Waals surface area (Å²) in [5.41, 5.74) is -0.429. The van der Waals surface area contributed by atoms with Crippen molar-refractivity contribution in [2.24, 2.45) is 5.92 Å². The molecular weight excluding hydrogens is 386 g/mol. The second kappa shape index (κ2) is 7.89. The standard InChI is InChI=1S/C21H25N5O4/c1-4-25-20(28)14-7-5-6-8-15(14)26(21(25)29)11-16(27)22-17(12(2)3)19-23-18(24-30-19)13-9-10-13/h5-8,12-13,17H,4,9-11H2,1-3H3,(H,22,27). The number of fused-ring (bicyclic) bond motifs is 1. The number of para-hydroxylation sites is 1. The van der Waals surface area contributed by atoms with Crippen molar-refractivity contribution >= 4 is 16.8 Å². The maximum Gasteiger partial charge on any atom is 0.331 e. The Hall–Kier alpha value is -3.23. The maximum atomic E-state index is 12.9. The van der Waals surface area contributed by atoms with Gasteiger partial charge in [0.05, 0.1) is 10.9 Å². The van der Waals surface area contributed by atoms with E-state index in [4.69, 9.17) is 4.52 Å². The number of nitrogens with one attached hydrogen (secondary N) is 1. The van der Waals surface area contributed by atoms with Crippen LogP contribution in [-0.4, -0.2) is 25.2 Å². The van der Waals surface area contributed by atoms with Gasteiger partial charge in [-0.05, 0) is 37.8 Å². The summed E-state index contributed by atoms with van der Waals surface area (Å²) in [6.45, 7) is 5.64. The maximum absolute atomic E-state index is 12.9.